The topological polar surface area (TPSA) is 6.48 Å². The zero-order valence-electron chi connectivity index (χ0n) is 7.46. The van der Waals surface area contributed by atoms with Crippen molar-refractivity contribution in [2.24, 2.45) is 0 Å². The van der Waals surface area contributed by atoms with Crippen LogP contribution in [0.25, 0.3) is 0 Å². The van der Waals surface area contributed by atoms with Crippen LogP contribution in [0.5, 0.6) is 0 Å². The molecular formula is C7H17AlN2. The van der Waals surface area contributed by atoms with E-state index in [1.165, 1.54) is 11.7 Å². The Hall–Kier alpha value is 0.452. The van der Waals surface area contributed by atoms with Crippen LogP contribution in [0.2, 0.25) is 5.28 Å². The van der Waals surface area contributed by atoms with Crippen molar-refractivity contribution in [2.45, 2.75) is 17.9 Å². The van der Waals surface area contributed by atoms with Crippen LogP contribution in [0.4, 0.5) is 0 Å². The highest BCUT2D eigenvalue weighted by Crippen LogP contribution is 2.03. The van der Waals surface area contributed by atoms with E-state index in [1.807, 2.05) is 0 Å². The lowest BCUT2D eigenvalue weighted by Crippen LogP contribution is -2.40. The summed E-state index contributed by atoms with van der Waals surface area (Å²) in [6.45, 7) is 0. The van der Waals surface area contributed by atoms with Crippen LogP contribution < -0.4 is 0 Å². The smallest absolute Gasteiger partial charge is 0.118 e. The van der Waals surface area contributed by atoms with Crippen LogP contribution in [0.1, 0.15) is 6.42 Å². The predicted octanol–water partition coefficient (Wildman–Crippen LogP) is 0.413. The molecule has 0 fully saturated rings. The molecule has 0 spiro atoms. The predicted molar refractivity (Wildman–Crippen MR) is 46.3 cm³/mol. The van der Waals surface area contributed by atoms with Crippen molar-refractivity contribution in [3.8, 4) is 0 Å². The molecule has 0 aromatic carbocycles. The fourth-order valence-electron chi connectivity index (χ4n) is 1.13. The van der Waals surface area contributed by atoms with Gasteiger partial charge in [-0.1, -0.05) is 0 Å². The van der Waals surface area contributed by atoms with Crippen LogP contribution in [-0.4, -0.2) is 60.4 Å². The maximum atomic E-state index is 2.76. The van der Waals surface area contributed by atoms with Crippen molar-refractivity contribution in [1.82, 2.24) is 9.80 Å². The molecule has 0 aliphatic rings. The van der Waals surface area contributed by atoms with E-state index in [0.717, 1.165) is 0 Å². The van der Waals surface area contributed by atoms with Gasteiger partial charge in [-0.05, 0) is 34.6 Å². The molecule has 0 N–H and O–H groups in total. The maximum absolute atomic E-state index is 2.76. The Morgan fingerprint density at radius 1 is 1.10 bits per heavy atom. The summed E-state index contributed by atoms with van der Waals surface area (Å²) in [6, 6.07) is 0. The maximum Gasteiger partial charge on any atom is 0.118 e. The second-order valence-electron chi connectivity index (χ2n) is 2.99. The Morgan fingerprint density at radius 2 is 1.50 bits per heavy atom. The number of hydrogen-bond acceptors (Lipinski definition) is 2. The molecule has 0 rings (SSSR count). The average Bonchev–Trinajstić information content (AvgIpc) is 1.81. The molecule has 0 saturated heterocycles. The van der Waals surface area contributed by atoms with Crippen LogP contribution >= 0.6 is 0 Å². The first-order valence-corrected chi connectivity index (χ1v) is 4.44. The summed E-state index contributed by atoms with van der Waals surface area (Å²) in [5.41, 5.74) is 0. The monoisotopic (exact) mass is 156 g/mol. The van der Waals surface area contributed by atoms with Gasteiger partial charge in [0, 0.05) is 0 Å². The molecule has 0 aromatic heterocycles. The molecule has 0 aliphatic heterocycles. The summed E-state index contributed by atoms with van der Waals surface area (Å²) in [5, 5.41) is 1.17. The van der Waals surface area contributed by atoms with Gasteiger partial charge < -0.3 is 0 Å². The zero-order chi connectivity index (χ0) is 8.15. The van der Waals surface area contributed by atoms with Crippen molar-refractivity contribution >= 4 is 16.3 Å². The van der Waals surface area contributed by atoms with Crippen LogP contribution in [0, 0.1) is 0 Å². The van der Waals surface area contributed by atoms with Gasteiger partial charge in [0.2, 0.25) is 0 Å². The summed E-state index contributed by atoms with van der Waals surface area (Å²) in [5.74, 6) is 0. The quantitative estimate of drug-likeness (QED) is 0.430. The molecule has 0 atom stereocenters. The Balaban J connectivity index is 3.73. The summed E-state index contributed by atoms with van der Waals surface area (Å²) in [4.78, 5) is 4.48. The SMILES string of the molecule is CN(C)C(C[CH2][Al])N(C)C. The van der Waals surface area contributed by atoms with E-state index in [4.69, 9.17) is 0 Å². The molecule has 0 saturated carbocycles. The minimum Gasteiger partial charge on any atom is -0.294 e. The standard InChI is InChI=1S/C7H17N2.Al/c1-6-7(8(2)3)9(4)5;/h7H,1,6H2,2-5H3;. The van der Waals surface area contributed by atoms with E-state index in [1.54, 1.807) is 0 Å². The van der Waals surface area contributed by atoms with Gasteiger partial charge in [0.15, 0.2) is 0 Å². The van der Waals surface area contributed by atoms with E-state index in [0.29, 0.717) is 6.17 Å². The van der Waals surface area contributed by atoms with Crippen molar-refractivity contribution in [2.75, 3.05) is 28.2 Å². The molecule has 2 radical (unpaired) electrons. The second-order valence-corrected chi connectivity index (χ2v) is 3.56. The number of nitrogens with zero attached hydrogens (tertiary/aromatic N) is 2. The van der Waals surface area contributed by atoms with Crippen LogP contribution in [-0.2, 0) is 0 Å². The summed E-state index contributed by atoms with van der Waals surface area (Å²) >= 11 is 2.76. The Morgan fingerprint density at radius 3 is 1.60 bits per heavy atom. The van der Waals surface area contributed by atoms with Crippen LogP contribution in [0.15, 0.2) is 0 Å². The highest BCUT2D eigenvalue weighted by molar-refractivity contribution is 6.08. The molecular weight excluding hydrogens is 139 g/mol. The highest BCUT2D eigenvalue weighted by Gasteiger charge is 2.10. The minimum absolute atomic E-state index is 0.581. The van der Waals surface area contributed by atoms with E-state index in [-0.39, 0.29) is 0 Å². The Kier molecular flexibility index (Phi) is 5.38. The molecule has 0 aliphatic carbocycles. The lowest BCUT2D eigenvalue weighted by atomic mass is 10.3. The molecule has 3 heteroatoms. The van der Waals surface area contributed by atoms with Gasteiger partial charge in [0.25, 0.3) is 0 Å². The fraction of sp³-hybridized carbons (Fsp3) is 1.00. The summed E-state index contributed by atoms with van der Waals surface area (Å²) in [6.07, 6.45) is 1.79. The van der Waals surface area contributed by atoms with Gasteiger partial charge in [-0.25, -0.2) is 0 Å². The molecule has 0 bridgehead atoms. The van der Waals surface area contributed by atoms with Crippen molar-refractivity contribution in [3.63, 3.8) is 0 Å². The number of rotatable bonds is 4. The Labute approximate surface area is 72.6 Å². The van der Waals surface area contributed by atoms with Gasteiger partial charge in [-0.15, -0.1) is 5.28 Å². The highest BCUT2D eigenvalue weighted by atomic mass is 27.0. The van der Waals surface area contributed by atoms with Gasteiger partial charge in [-0.3, -0.25) is 9.80 Å². The van der Waals surface area contributed by atoms with Gasteiger partial charge in [-0.2, -0.15) is 0 Å². The van der Waals surface area contributed by atoms with Crippen molar-refractivity contribution < 1.29 is 0 Å². The molecule has 2 nitrogen and oxygen atoms in total. The van der Waals surface area contributed by atoms with E-state index < -0.39 is 0 Å². The summed E-state index contributed by atoms with van der Waals surface area (Å²) < 4.78 is 0. The minimum atomic E-state index is 0.581. The molecule has 0 heterocycles. The summed E-state index contributed by atoms with van der Waals surface area (Å²) in [7, 11) is 8.46. The Bertz CT molecular complexity index is 75.7. The lowest BCUT2D eigenvalue weighted by Gasteiger charge is -2.30. The second kappa shape index (κ2) is 5.15. The molecule has 0 aromatic rings. The first-order chi connectivity index (χ1) is 4.59. The molecule has 0 unspecified atom stereocenters. The van der Waals surface area contributed by atoms with Gasteiger partial charge >= 0.3 is 0 Å². The van der Waals surface area contributed by atoms with Gasteiger partial charge in [0.05, 0.1) is 6.17 Å². The van der Waals surface area contributed by atoms with Crippen molar-refractivity contribution in [3.05, 3.63) is 0 Å². The molecule has 0 amide bonds. The normalized spacial score (nSPS) is 11.9. The lowest BCUT2D eigenvalue weighted by molar-refractivity contribution is 0.125. The third-order valence-electron chi connectivity index (χ3n) is 1.62. The molecule has 10 heavy (non-hydrogen) atoms. The molecule has 58 valence electrons. The fourth-order valence-corrected chi connectivity index (χ4v) is 1.43. The third-order valence-corrected chi connectivity index (χ3v) is 1.95. The van der Waals surface area contributed by atoms with Crippen molar-refractivity contribution in [1.29, 1.82) is 0 Å². The first kappa shape index (κ1) is 10.5. The average molecular weight is 156 g/mol. The largest absolute Gasteiger partial charge is 0.294 e. The van der Waals surface area contributed by atoms with E-state index in [9.17, 15) is 0 Å². The van der Waals surface area contributed by atoms with Crippen LogP contribution in [0.3, 0.4) is 0 Å². The van der Waals surface area contributed by atoms with E-state index >= 15 is 0 Å². The first-order valence-electron chi connectivity index (χ1n) is 3.62. The zero-order valence-corrected chi connectivity index (χ0v) is 8.62. The number of hydrogen-bond donors (Lipinski definition) is 0. The van der Waals surface area contributed by atoms with Gasteiger partial charge in [0.1, 0.15) is 16.3 Å². The third kappa shape index (κ3) is 3.58. The van der Waals surface area contributed by atoms with E-state index in [2.05, 4.69) is 54.3 Å².